The van der Waals surface area contributed by atoms with Crippen LogP contribution in [0.1, 0.15) is 31.4 Å². The second kappa shape index (κ2) is 7.49. The molecule has 7 heteroatoms. The molecule has 1 aromatic carbocycles. The third-order valence-electron chi connectivity index (χ3n) is 4.15. The third kappa shape index (κ3) is 5.35. The molecular formula is C16H22F4N2O. The minimum atomic E-state index is -4.14. The highest BCUT2D eigenvalue weighted by Crippen LogP contribution is 2.24. The topological polar surface area (TPSA) is 24.5 Å². The summed E-state index contributed by atoms with van der Waals surface area (Å²) >= 11 is 0. The van der Waals surface area contributed by atoms with Crippen LogP contribution in [-0.4, -0.2) is 43.9 Å². The number of nitrogens with one attached hydrogen (secondary N) is 1. The first-order valence-corrected chi connectivity index (χ1v) is 7.67. The van der Waals surface area contributed by atoms with Gasteiger partial charge in [-0.25, -0.2) is 4.39 Å². The molecule has 0 bridgehead atoms. The molecule has 0 saturated carbocycles. The zero-order valence-corrected chi connectivity index (χ0v) is 13.3. The van der Waals surface area contributed by atoms with E-state index in [0.717, 1.165) is 5.56 Å². The van der Waals surface area contributed by atoms with E-state index in [9.17, 15) is 17.6 Å². The molecule has 0 radical (unpaired) electrons. The van der Waals surface area contributed by atoms with E-state index in [0.29, 0.717) is 25.9 Å². The number of piperidine rings is 1. The molecule has 3 nitrogen and oxygen atoms in total. The van der Waals surface area contributed by atoms with Gasteiger partial charge in [0.25, 0.3) is 0 Å². The summed E-state index contributed by atoms with van der Waals surface area (Å²) in [4.78, 5) is 1.43. The number of alkyl halides is 3. The molecule has 0 aliphatic carbocycles. The van der Waals surface area contributed by atoms with Crippen molar-refractivity contribution in [2.24, 2.45) is 0 Å². The lowest BCUT2D eigenvalue weighted by Crippen LogP contribution is -2.46. The SMILES string of the molecule is COc1ccc([C@H](C)NC2CCN(CC(F)(F)F)CC2)cc1F. The summed E-state index contributed by atoms with van der Waals surface area (Å²) in [6.07, 6.45) is -2.84. The van der Waals surface area contributed by atoms with Crippen molar-refractivity contribution in [3.8, 4) is 5.75 Å². The molecule has 1 aromatic rings. The fourth-order valence-electron chi connectivity index (χ4n) is 2.91. The molecule has 2 rings (SSSR count). The van der Waals surface area contributed by atoms with Gasteiger partial charge in [0, 0.05) is 12.1 Å². The Morgan fingerprint density at radius 2 is 1.96 bits per heavy atom. The number of methoxy groups -OCH3 is 1. The Morgan fingerprint density at radius 1 is 1.30 bits per heavy atom. The van der Waals surface area contributed by atoms with Crippen molar-refractivity contribution < 1.29 is 22.3 Å². The molecule has 0 spiro atoms. The van der Waals surface area contributed by atoms with E-state index in [2.05, 4.69) is 5.32 Å². The van der Waals surface area contributed by atoms with Gasteiger partial charge in [-0.05, 0) is 50.6 Å². The molecule has 1 saturated heterocycles. The largest absolute Gasteiger partial charge is 0.494 e. The Bertz CT molecular complexity index is 513. The lowest BCUT2D eigenvalue weighted by atomic mass is 10.0. The van der Waals surface area contributed by atoms with Gasteiger partial charge in [0.1, 0.15) is 0 Å². The van der Waals surface area contributed by atoms with Crippen LogP contribution in [0, 0.1) is 5.82 Å². The second-order valence-corrected chi connectivity index (χ2v) is 5.95. The van der Waals surface area contributed by atoms with Gasteiger partial charge in [-0.1, -0.05) is 6.07 Å². The van der Waals surface area contributed by atoms with E-state index in [1.54, 1.807) is 12.1 Å². The lowest BCUT2D eigenvalue weighted by molar-refractivity contribution is -0.148. The molecule has 1 N–H and O–H groups in total. The van der Waals surface area contributed by atoms with Gasteiger partial charge in [-0.15, -0.1) is 0 Å². The first-order valence-electron chi connectivity index (χ1n) is 7.67. The molecule has 1 atom stereocenters. The van der Waals surface area contributed by atoms with Crippen LogP contribution in [0.25, 0.3) is 0 Å². The molecule has 0 unspecified atom stereocenters. The van der Waals surface area contributed by atoms with Crippen LogP contribution < -0.4 is 10.1 Å². The third-order valence-corrected chi connectivity index (χ3v) is 4.15. The van der Waals surface area contributed by atoms with Gasteiger partial charge in [0.15, 0.2) is 11.6 Å². The van der Waals surface area contributed by atoms with Crippen molar-refractivity contribution in [3.63, 3.8) is 0 Å². The van der Waals surface area contributed by atoms with Crippen molar-refractivity contribution in [3.05, 3.63) is 29.6 Å². The number of benzene rings is 1. The number of hydrogen-bond acceptors (Lipinski definition) is 3. The summed E-state index contributed by atoms with van der Waals surface area (Å²) in [6.45, 7) is 1.91. The molecule has 1 aliphatic rings. The van der Waals surface area contributed by atoms with Gasteiger partial charge < -0.3 is 10.1 Å². The Kier molecular flexibility index (Phi) is 5.86. The highest BCUT2D eigenvalue weighted by molar-refractivity contribution is 5.30. The van der Waals surface area contributed by atoms with Crippen molar-refractivity contribution in [2.75, 3.05) is 26.7 Å². The van der Waals surface area contributed by atoms with Crippen molar-refractivity contribution in [1.82, 2.24) is 10.2 Å². The van der Waals surface area contributed by atoms with Crippen LogP contribution in [0.5, 0.6) is 5.75 Å². The molecule has 130 valence electrons. The van der Waals surface area contributed by atoms with E-state index in [-0.39, 0.29) is 17.8 Å². The number of nitrogens with zero attached hydrogens (tertiary/aromatic N) is 1. The van der Waals surface area contributed by atoms with Crippen molar-refractivity contribution in [2.45, 2.75) is 38.0 Å². The maximum Gasteiger partial charge on any atom is 0.401 e. The van der Waals surface area contributed by atoms with Crippen LogP contribution in [-0.2, 0) is 0 Å². The van der Waals surface area contributed by atoms with Crippen molar-refractivity contribution >= 4 is 0 Å². The minimum absolute atomic E-state index is 0.0745. The Balaban J connectivity index is 1.85. The van der Waals surface area contributed by atoms with Gasteiger partial charge in [0.2, 0.25) is 0 Å². The number of halogens is 4. The number of ether oxygens (including phenoxy) is 1. The molecule has 23 heavy (non-hydrogen) atoms. The van der Waals surface area contributed by atoms with Crippen molar-refractivity contribution in [1.29, 1.82) is 0 Å². The average molecular weight is 334 g/mol. The van der Waals surface area contributed by atoms with E-state index < -0.39 is 18.5 Å². The number of rotatable bonds is 5. The fourth-order valence-corrected chi connectivity index (χ4v) is 2.91. The zero-order chi connectivity index (χ0) is 17.0. The van der Waals surface area contributed by atoms with Gasteiger partial charge in [0.05, 0.1) is 13.7 Å². The average Bonchev–Trinajstić information content (AvgIpc) is 2.47. The fraction of sp³-hybridized carbons (Fsp3) is 0.625. The smallest absolute Gasteiger partial charge is 0.401 e. The monoisotopic (exact) mass is 334 g/mol. The molecule has 0 amide bonds. The van der Waals surface area contributed by atoms with Crippen LogP contribution in [0.2, 0.25) is 0 Å². The van der Waals surface area contributed by atoms with Crippen LogP contribution in [0.15, 0.2) is 18.2 Å². The summed E-state index contributed by atoms with van der Waals surface area (Å²) in [5.41, 5.74) is 0.793. The van der Waals surface area contributed by atoms with Crippen LogP contribution >= 0.6 is 0 Å². The van der Waals surface area contributed by atoms with E-state index in [1.807, 2.05) is 6.92 Å². The second-order valence-electron chi connectivity index (χ2n) is 5.95. The van der Waals surface area contributed by atoms with E-state index in [4.69, 9.17) is 4.74 Å². The Labute approximate surface area is 133 Å². The Morgan fingerprint density at radius 3 is 2.48 bits per heavy atom. The van der Waals surface area contributed by atoms with Gasteiger partial charge in [-0.3, -0.25) is 4.90 Å². The molecular weight excluding hydrogens is 312 g/mol. The van der Waals surface area contributed by atoms with Gasteiger partial charge in [-0.2, -0.15) is 13.2 Å². The summed E-state index contributed by atoms with van der Waals surface area (Å²) in [6, 6.07) is 4.86. The summed E-state index contributed by atoms with van der Waals surface area (Å²) in [7, 11) is 1.41. The standard InChI is InChI=1S/C16H22F4N2O/c1-11(12-3-4-15(23-2)14(17)9-12)21-13-5-7-22(8-6-13)10-16(18,19)20/h3-4,9,11,13,21H,5-8,10H2,1-2H3/t11-/m0/s1. The highest BCUT2D eigenvalue weighted by atomic mass is 19.4. The normalized spacial score (nSPS) is 18.9. The maximum absolute atomic E-state index is 13.7. The Hall–Kier alpha value is -1.34. The first kappa shape index (κ1) is 18.0. The summed E-state index contributed by atoms with van der Waals surface area (Å²) < 4.78 is 55.7. The highest BCUT2D eigenvalue weighted by Gasteiger charge is 2.32. The summed E-state index contributed by atoms with van der Waals surface area (Å²) in [5.74, 6) is -0.222. The van der Waals surface area contributed by atoms with E-state index in [1.165, 1.54) is 18.1 Å². The predicted octanol–water partition coefficient (Wildman–Crippen LogP) is 3.51. The number of likely N-dealkylation sites (tertiary alicyclic amines) is 1. The first-order chi connectivity index (χ1) is 10.8. The van der Waals surface area contributed by atoms with Crippen LogP contribution in [0.3, 0.4) is 0 Å². The molecule has 0 aromatic heterocycles. The molecule has 1 aliphatic heterocycles. The van der Waals surface area contributed by atoms with Gasteiger partial charge >= 0.3 is 6.18 Å². The maximum atomic E-state index is 13.7. The molecule has 1 heterocycles. The molecule has 1 fully saturated rings. The zero-order valence-electron chi connectivity index (χ0n) is 13.3. The summed E-state index contributed by atoms with van der Waals surface area (Å²) in [5, 5.41) is 3.37. The quantitative estimate of drug-likeness (QED) is 0.834. The minimum Gasteiger partial charge on any atom is -0.494 e. The van der Waals surface area contributed by atoms with Crippen LogP contribution in [0.4, 0.5) is 17.6 Å². The lowest BCUT2D eigenvalue weighted by Gasteiger charge is -2.34. The van der Waals surface area contributed by atoms with E-state index >= 15 is 0 Å². The number of hydrogen-bond donors (Lipinski definition) is 1. The predicted molar refractivity (Wildman–Crippen MR) is 80.0 cm³/mol.